The van der Waals surface area contributed by atoms with Gasteiger partial charge in [-0.25, -0.2) is 0 Å². The van der Waals surface area contributed by atoms with Crippen LogP contribution < -0.4 is 0 Å². The SMILES string of the molecule is O=C[CH2][Ge]. The quantitative estimate of drug-likeness (QED) is 0.341. The van der Waals surface area contributed by atoms with Gasteiger partial charge in [0, 0.05) is 0 Å². The number of carbonyl (C=O) groups excluding carboxylic acids is 1. The third-order valence-electron chi connectivity index (χ3n) is 0.0833. The zero-order valence-electron chi connectivity index (χ0n) is 2.19. The van der Waals surface area contributed by atoms with Crippen molar-refractivity contribution in [2.24, 2.45) is 0 Å². The predicted octanol–water partition coefficient (Wildman–Crippen LogP) is -0.228. The van der Waals surface area contributed by atoms with Gasteiger partial charge in [0.1, 0.15) is 0 Å². The second-order valence-corrected chi connectivity index (χ2v) is 1.23. The molecule has 0 fully saturated rings. The van der Waals surface area contributed by atoms with E-state index in [1.165, 1.54) is 0 Å². The summed E-state index contributed by atoms with van der Waals surface area (Å²) < 4.78 is 0. The Morgan fingerprint density at radius 2 is 2.25 bits per heavy atom. The Bertz CT molecular complexity index is 20.0. The average molecular weight is 116 g/mol. The fraction of sp³-hybridized carbons (Fsp3) is 0.500. The van der Waals surface area contributed by atoms with E-state index in [1.807, 2.05) is 16.5 Å². The zero-order chi connectivity index (χ0) is 3.41. The molecule has 0 amide bonds. The molecule has 0 heterocycles. The van der Waals surface area contributed by atoms with Crippen molar-refractivity contribution in [1.82, 2.24) is 0 Å². The molecule has 0 saturated carbocycles. The van der Waals surface area contributed by atoms with Crippen LogP contribution in [-0.2, 0) is 4.79 Å². The van der Waals surface area contributed by atoms with E-state index in [4.69, 9.17) is 0 Å². The van der Waals surface area contributed by atoms with Crippen molar-refractivity contribution in [3.8, 4) is 0 Å². The van der Waals surface area contributed by atoms with Crippen LogP contribution in [0.4, 0.5) is 0 Å². The molecule has 0 aliphatic rings. The van der Waals surface area contributed by atoms with Crippen LogP contribution in [0.15, 0.2) is 0 Å². The summed E-state index contributed by atoms with van der Waals surface area (Å²) in [5.74, 6) is 0. The fourth-order valence-electron chi connectivity index (χ4n) is 0. The standard InChI is InChI=1S/C2H3GeO/c3-1-2-4/h2H,1H2. The van der Waals surface area contributed by atoms with Gasteiger partial charge in [-0.15, -0.1) is 0 Å². The van der Waals surface area contributed by atoms with Crippen molar-refractivity contribution in [3.05, 3.63) is 0 Å². The number of hydrogen-bond acceptors (Lipinski definition) is 1. The van der Waals surface area contributed by atoms with E-state index >= 15 is 0 Å². The summed E-state index contributed by atoms with van der Waals surface area (Å²) >= 11 is 1.81. The van der Waals surface area contributed by atoms with Gasteiger partial charge in [-0.2, -0.15) is 0 Å². The van der Waals surface area contributed by atoms with Crippen molar-refractivity contribution >= 4 is 22.8 Å². The molecule has 0 saturated heterocycles. The molecule has 0 bridgehead atoms. The molecule has 0 atom stereocenters. The first-order valence-corrected chi connectivity index (χ1v) is 2.48. The Labute approximate surface area is 33.6 Å². The van der Waals surface area contributed by atoms with Crippen molar-refractivity contribution in [3.63, 3.8) is 0 Å². The number of aldehydes is 1. The second kappa shape index (κ2) is 3.21. The topological polar surface area (TPSA) is 17.1 Å². The van der Waals surface area contributed by atoms with Gasteiger partial charge >= 0.3 is 32.8 Å². The van der Waals surface area contributed by atoms with Gasteiger partial charge in [-0.3, -0.25) is 0 Å². The van der Waals surface area contributed by atoms with Crippen LogP contribution in [0.5, 0.6) is 0 Å². The third kappa shape index (κ3) is 2.21. The summed E-state index contributed by atoms with van der Waals surface area (Å²) in [7, 11) is 0. The first-order chi connectivity index (χ1) is 1.91. The van der Waals surface area contributed by atoms with Gasteiger partial charge in [0.2, 0.25) is 0 Å². The molecule has 2 heteroatoms. The molecule has 0 aliphatic carbocycles. The molecule has 0 N–H and O–H groups in total. The predicted molar refractivity (Wildman–Crippen MR) is 16.6 cm³/mol. The Kier molecular flexibility index (Phi) is 3.38. The summed E-state index contributed by atoms with van der Waals surface area (Å²) in [6.45, 7) is 0. The molecule has 0 aromatic heterocycles. The van der Waals surface area contributed by atoms with Crippen molar-refractivity contribution in [2.45, 2.75) is 5.25 Å². The van der Waals surface area contributed by atoms with Gasteiger partial charge in [0.15, 0.2) is 0 Å². The normalized spacial score (nSPS) is 6.25. The summed E-state index contributed by atoms with van der Waals surface area (Å²) in [5, 5.41) is 0.639. The molecule has 0 unspecified atom stereocenters. The maximum absolute atomic E-state index is 9.17. The van der Waals surface area contributed by atoms with E-state index in [0.717, 1.165) is 6.29 Å². The summed E-state index contributed by atoms with van der Waals surface area (Å²) in [4.78, 5) is 9.17. The van der Waals surface area contributed by atoms with E-state index in [2.05, 4.69) is 0 Å². The van der Waals surface area contributed by atoms with Crippen LogP contribution in [0.25, 0.3) is 0 Å². The molecule has 0 aromatic carbocycles. The molecule has 3 radical (unpaired) electrons. The van der Waals surface area contributed by atoms with Gasteiger partial charge in [0.05, 0.1) is 0 Å². The molecule has 0 spiro atoms. The van der Waals surface area contributed by atoms with Crippen LogP contribution in [0.2, 0.25) is 5.25 Å². The molecule has 21 valence electrons. The Balaban J connectivity index is 2.30. The van der Waals surface area contributed by atoms with Gasteiger partial charge < -0.3 is 0 Å². The van der Waals surface area contributed by atoms with Gasteiger partial charge in [-0.05, 0) is 0 Å². The molecular formula is C2H3GeO. The summed E-state index contributed by atoms with van der Waals surface area (Å²) in [5.41, 5.74) is 0. The summed E-state index contributed by atoms with van der Waals surface area (Å²) in [6, 6.07) is 0. The van der Waals surface area contributed by atoms with Crippen LogP contribution in [-0.4, -0.2) is 22.8 Å². The molecule has 1 nitrogen and oxygen atoms in total. The van der Waals surface area contributed by atoms with Gasteiger partial charge in [-0.1, -0.05) is 0 Å². The minimum atomic E-state index is 0.639. The monoisotopic (exact) mass is 117 g/mol. The van der Waals surface area contributed by atoms with Crippen LogP contribution in [0, 0.1) is 0 Å². The second-order valence-electron chi connectivity index (χ2n) is 0.371. The van der Waals surface area contributed by atoms with Crippen molar-refractivity contribution in [2.75, 3.05) is 0 Å². The summed E-state index contributed by atoms with van der Waals surface area (Å²) in [6.07, 6.45) is 0.875. The van der Waals surface area contributed by atoms with E-state index < -0.39 is 0 Å². The molecule has 0 aromatic rings. The number of hydrogen-bond donors (Lipinski definition) is 0. The van der Waals surface area contributed by atoms with Crippen LogP contribution in [0.3, 0.4) is 0 Å². The van der Waals surface area contributed by atoms with Crippen molar-refractivity contribution < 1.29 is 4.79 Å². The van der Waals surface area contributed by atoms with Crippen LogP contribution in [0.1, 0.15) is 0 Å². The Morgan fingerprint density at radius 1 is 2.00 bits per heavy atom. The molecule has 4 heavy (non-hydrogen) atoms. The first-order valence-electron chi connectivity index (χ1n) is 0.998. The molecule has 0 rings (SSSR count). The Hall–Kier alpha value is 0.213. The molecule has 0 aliphatic heterocycles. The third-order valence-corrected chi connectivity index (χ3v) is 0.433. The maximum atomic E-state index is 9.17. The first kappa shape index (κ1) is 4.21. The number of rotatable bonds is 1. The average Bonchev–Trinajstić information content (AvgIpc) is 1.37. The number of carbonyl (C=O) groups is 1. The van der Waals surface area contributed by atoms with Crippen molar-refractivity contribution in [1.29, 1.82) is 0 Å². The zero-order valence-corrected chi connectivity index (χ0v) is 4.29. The van der Waals surface area contributed by atoms with E-state index in [0.29, 0.717) is 5.25 Å². The Morgan fingerprint density at radius 3 is 2.25 bits per heavy atom. The van der Waals surface area contributed by atoms with Gasteiger partial charge in [0.25, 0.3) is 0 Å². The fourth-order valence-corrected chi connectivity index (χ4v) is 0. The van der Waals surface area contributed by atoms with Crippen LogP contribution >= 0.6 is 0 Å². The van der Waals surface area contributed by atoms with E-state index in [-0.39, 0.29) is 0 Å². The van der Waals surface area contributed by atoms with E-state index in [1.54, 1.807) is 0 Å². The van der Waals surface area contributed by atoms with E-state index in [9.17, 15) is 4.79 Å². The molecular weight excluding hydrogens is 113 g/mol. The minimum absolute atomic E-state index is 0.639.